The van der Waals surface area contributed by atoms with Crippen molar-refractivity contribution in [2.75, 3.05) is 13.2 Å². The van der Waals surface area contributed by atoms with Gasteiger partial charge in [-0.15, -0.1) is 0 Å². The van der Waals surface area contributed by atoms with Crippen LogP contribution in [0.5, 0.6) is 5.75 Å². The molecule has 0 bridgehead atoms. The predicted octanol–water partition coefficient (Wildman–Crippen LogP) is 0.663. The van der Waals surface area contributed by atoms with Gasteiger partial charge in [0.25, 0.3) is 0 Å². The largest absolute Gasteiger partial charge is 0.492 e. The second kappa shape index (κ2) is 5.47. The highest BCUT2D eigenvalue weighted by atomic mass is 32.2. The second-order valence-electron chi connectivity index (χ2n) is 2.83. The highest BCUT2D eigenvalue weighted by Crippen LogP contribution is 2.07. The Morgan fingerprint density at radius 3 is 2.50 bits per heavy atom. The fourth-order valence-corrected chi connectivity index (χ4v) is 1.40. The summed E-state index contributed by atoms with van der Waals surface area (Å²) < 4.78 is 28.6. The first-order valence-electron chi connectivity index (χ1n) is 4.43. The Hall–Kier alpha value is -1.60. The van der Waals surface area contributed by atoms with Crippen LogP contribution in [0.2, 0.25) is 0 Å². The molecule has 2 N–H and O–H groups in total. The normalized spacial score (nSPS) is 11.0. The maximum atomic E-state index is 10.8. The van der Waals surface area contributed by atoms with E-state index in [4.69, 9.17) is 9.84 Å². The van der Waals surface area contributed by atoms with Gasteiger partial charge in [-0.1, -0.05) is 18.2 Å². The molecule has 0 fully saturated rings. The summed E-state index contributed by atoms with van der Waals surface area (Å²) in [4.78, 5) is 10.2. The monoisotopic (exact) mass is 245 g/mol. The van der Waals surface area contributed by atoms with Gasteiger partial charge in [0.05, 0.1) is 0 Å². The van der Waals surface area contributed by atoms with Crippen LogP contribution in [0.4, 0.5) is 4.79 Å². The molecule has 0 aliphatic carbocycles. The maximum absolute atomic E-state index is 10.8. The van der Waals surface area contributed by atoms with E-state index in [1.165, 1.54) is 0 Å². The SMILES string of the molecule is O=C(O)S(=O)(=O)NCCOc1ccccc1. The number of benzene rings is 1. The standard InChI is InChI=1S/C9H11NO5S/c11-9(12)16(13,14)10-6-7-15-8-4-2-1-3-5-8/h1-5,10H,6-7H2,(H,11,12). The van der Waals surface area contributed by atoms with Gasteiger partial charge in [0.2, 0.25) is 0 Å². The van der Waals surface area contributed by atoms with Gasteiger partial charge in [-0.25, -0.2) is 17.9 Å². The molecule has 7 heteroatoms. The molecule has 0 spiro atoms. The number of para-hydroxylation sites is 1. The highest BCUT2D eigenvalue weighted by Gasteiger charge is 2.19. The van der Waals surface area contributed by atoms with E-state index in [0.717, 1.165) is 0 Å². The van der Waals surface area contributed by atoms with Crippen LogP contribution in [0.1, 0.15) is 0 Å². The molecule has 0 aliphatic heterocycles. The third kappa shape index (κ3) is 3.87. The second-order valence-corrected chi connectivity index (χ2v) is 4.47. The molecule has 1 rings (SSSR count). The number of carbonyl (C=O) groups is 1. The van der Waals surface area contributed by atoms with E-state index >= 15 is 0 Å². The topological polar surface area (TPSA) is 92.7 Å². The van der Waals surface area contributed by atoms with E-state index in [1.807, 2.05) is 10.8 Å². The summed E-state index contributed by atoms with van der Waals surface area (Å²) in [6, 6.07) is 8.80. The Morgan fingerprint density at radius 1 is 1.31 bits per heavy atom. The van der Waals surface area contributed by atoms with E-state index in [9.17, 15) is 13.2 Å². The molecular formula is C9H11NO5S. The van der Waals surface area contributed by atoms with Crippen LogP contribution in [-0.4, -0.2) is 32.0 Å². The third-order valence-electron chi connectivity index (χ3n) is 1.64. The van der Waals surface area contributed by atoms with Crippen molar-refractivity contribution < 1.29 is 23.1 Å². The average molecular weight is 245 g/mol. The molecule has 0 amide bonds. The van der Waals surface area contributed by atoms with Crippen molar-refractivity contribution in [3.8, 4) is 5.75 Å². The molecular weight excluding hydrogens is 234 g/mol. The smallest absolute Gasteiger partial charge is 0.437 e. The number of sulfonamides is 1. The first kappa shape index (κ1) is 12.5. The molecule has 0 atom stereocenters. The van der Waals surface area contributed by atoms with E-state index in [0.29, 0.717) is 5.75 Å². The fraction of sp³-hybridized carbons (Fsp3) is 0.222. The molecule has 0 aromatic heterocycles. The van der Waals surface area contributed by atoms with Gasteiger partial charge in [0.1, 0.15) is 12.4 Å². The number of carboxylic acid groups (broad SMARTS) is 1. The number of rotatable bonds is 5. The molecule has 0 aliphatic rings. The van der Waals surface area contributed by atoms with E-state index in [2.05, 4.69) is 0 Å². The lowest BCUT2D eigenvalue weighted by atomic mass is 10.3. The number of hydrogen-bond acceptors (Lipinski definition) is 4. The number of ether oxygens (including phenoxy) is 1. The van der Waals surface area contributed by atoms with Crippen LogP contribution >= 0.6 is 0 Å². The number of hydrogen-bond donors (Lipinski definition) is 2. The fourth-order valence-electron chi connectivity index (χ4n) is 0.923. The molecule has 1 aromatic carbocycles. The summed E-state index contributed by atoms with van der Waals surface area (Å²) in [5, 5.41) is 6.37. The van der Waals surface area contributed by atoms with Crippen molar-refractivity contribution in [3.63, 3.8) is 0 Å². The third-order valence-corrected chi connectivity index (χ3v) is 2.68. The molecule has 0 radical (unpaired) electrons. The lowest BCUT2D eigenvalue weighted by Crippen LogP contribution is -2.32. The zero-order valence-electron chi connectivity index (χ0n) is 8.29. The average Bonchev–Trinajstić information content (AvgIpc) is 2.26. The lowest BCUT2D eigenvalue weighted by molar-refractivity contribution is 0.218. The molecule has 1 aromatic rings. The quantitative estimate of drug-likeness (QED) is 0.743. The van der Waals surface area contributed by atoms with E-state index in [-0.39, 0.29) is 13.2 Å². The van der Waals surface area contributed by atoms with Crippen LogP contribution in [0.25, 0.3) is 0 Å². The van der Waals surface area contributed by atoms with Crippen molar-refractivity contribution in [3.05, 3.63) is 30.3 Å². The van der Waals surface area contributed by atoms with Crippen LogP contribution < -0.4 is 9.46 Å². The van der Waals surface area contributed by atoms with Gasteiger partial charge in [0, 0.05) is 6.54 Å². The molecule has 0 saturated carbocycles. The molecule has 88 valence electrons. The molecule has 16 heavy (non-hydrogen) atoms. The minimum atomic E-state index is -4.27. The summed E-state index contributed by atoms with van der Waals surface area (Å²) in [6.07, 6.45) is 0. The van der Waals surface area contributed by atoms with Gasteiger partial charge in [-0.2, -0.15) is 0 Å². The predicted molar refractivity (Wildman–Crippen MR) is 56.9 cm³/mol. The zero-order valence-corrected chi connectivity index (χ0v) is 9.11. The minimum absolute atomic E-state index is 0.0660. The molecule has 0 saturated heterocycles. The number of nitrogens with one attached hydrogen (secondary N) is 1. The van der Waals surface area contributed by atoms with Crippen LogP contribution in [0.15, 0.2) is 30.3 Å². The Balaban J connectivity index is 2.31. The van der Waals surface area contributed by atoms with Crippen molar-refractivity contribution in [1.82, 2.24) is 4.72 Å². The highest BCUT2D eigenvalue weighted by molar-refractivity contribution is 8.03. The summed E-state index contributed by atoms with van der Waals surface area (Å²) in [6.45, 7) is -0.0277. The summed E-state index contributed by atoms with van der Waals surface area (Å²) in [5.41, 5.74) is 0. The summed E-state index contributed by atoms with van der Waals surface area (Å²) >= 11 is 0. The van der Waals surface area contributed by atoms with Gasteiger partial charge >= 0.3 is 15.3 Å². The minimum Gasteiger partial charge on any atom is -0.492 e. The Kier molecular flexibility index (Phi) is 4.27. The van der Waals surface area contributed by atoms with Gasteiger partial charge in [0.15, 0.2) is 0 Å². The van der Waals surface area contributed by atoms with Crippen molar-refractivity contribution in [2.24, 2.45) is 0 Å². The van der Waals surface area contributed by atoms with Crippen molar-refractivity contribution in [2.45, 2.75) is 0 Å². The first-order chi connectivity index (χ1) is 7.52. The lowest BCUT2D eigenvalue weighted by Gasteiger charge is -2.05. The van der Waals surface area contributed by atoms with Crippen LogP contribution in [0.3, 0.4) is 0 Å². The van der Waals surface area contributed by atoms with Crippen molar-refractivity contribution >= 4 is 15.3 Å². The first-order valence-corrected chi connectivity index (χ1v) is 5.91. The Bertz CT molecular complexity index is 442. The zero-order chi connectivity index (χ0) is 12.0. The van der Waals surface area contributed by atoms with E-state index in [1.54, 1.807) is 24.3 Å². The van der Waals surface area contributed by atoms with Gasteiger partial charge in [-0.3, -0.25) is 0 Å². The van der Waals surface area contributed by atoms with Crippen molar-refractivity contribution in [1.29, 1.82) is 0 Å². The van der Waals surface area contributed by atoms with E-state index < -0.39 is 15.3 Å². The van der Waals surface area contributed by atoms with Gasteiger partial charge < -0.3 is 9.84 Å². The Morgan fingerprint density at radius 2 is 1.94 bits per heavy atom. The molecule has 6 nitrogen and oxygen atoms in total. The summed E-state index contributed by atoms with van der Waals surface area (Å²) in [5.74, 6) is 0.594. The maximum Gasteiger partial charge on any atom is 0.437 e. The summed E-state index contributed by atoms with van der Waals surface area (Å²) in [7, 11) is -4.27. The Labute approximate surface area is 92.9 Å². The van der Waals surface area contributed by atoms with Crippen LogP contribution in [-0.2, 0) is 10.0 Å². The van der Waals surface area contributed by atoms with Gasteiger partial charge in [-0.05, 0) is 12.1 Å². The molecule has 0 heterocycles. The van der Waals surface area contributed by atoms with Crippen LogP contribution in [0, 0.1) is 0 Å². The molecule has 0 unspecified atom stereocenters.